The lowest BCUT2D eigenvalue weighted by Crippen LogP contribution is -2.35. The van der Waals surface area contributed by atoms with Crippen LogP contribution in [0.3, 0.4) is 0 Å². The molecule has 0 bridgehead atoms. The molecule has 21 heavy (non-hydrogen) atoms. The summed E-state index contributed by atoms with van der Waals surface area (Å²) in [6, 6.07) is 6.02. The standard InChI is InChI=1S/C18H29FN2/c1-14(2)8-10-21(17-5-3-4-6-17)18-12-15(7-9-20)11-16(19)13-18/h11-14,17H,3-10,20H2,1-2H3. The number of nitrogens with zero attached hydrogens (tertiary/aromatic N) is 1. The van der Waals surface area contributed by atoms with Crippen LogP contribution in [0.5, 0.6) is 0 Å². The van der Waals surface area contributed by atoms with Gasteiger partial charge in [0.2, 0.25) is 0 Å². The molecular weight excluding hydrogens is 263 g/mol. The summed E-state index contributed by atoms with van der Waals surface area (Å²) in [4.78, 5) is 2.44. The first-order valence-corrected chi connectivity index (χ1v) is 8.36. The first-order chi connectivity index (χ1) is 10.1. The van der Waals surface area contributed by atoms with E-state index in [2.05, 4.69) is 24.8 Å². The molecule has 1 aliphatic carbocycles. The maximum atomic E-state index is 13.9. The molecule has 0 atom stereocenters. The first kappa shape index (κ1) is 16.3. The summed E-state index contributed by atoms with van der Waals surface area (Å²) in [6.45, 7) is 6.09. The molecule has 1 aromatic rings. The average molecular weight is 292 g/mol. The maximum Gasteiger partial charge on any atom is 0.125 e. The van der Waals surface area contributed by atoms with Gasteiger partial charge in [-0.1, -0.05) is 26.7 Å². The molecule has 0 saturated heterocycles. The quantitative estimate of drug-likeness (QED) is 0.819. The van der Waals surface area contributed by atoms with Crippen LogP contribution in [0.15, 0.2) is 18.2 Å². The first-order valence-electron chi connectivity index (χ1n) is 8.36. The molecule has 118 valence electrons. The predicted molar refractivity (Wildman–Crippen MR) is 88.2 cm³/mol. The van der Waals surface area contributed by atoms with Crippen LogP contribution in [-0.4, -0.2) is 19.1 Å². The maximum absolute atomic E-state index is 13.9. The van der Waals surface area contributed by atoms with Gasteiger partial charge in [-0.15, -0.1) is 0 Å². The van der Waals surface area contributed by atoms with Crippen molar-refractivity contribution in [2.75, 3.05) is 18.0 Å². The molecule has 0 spiro atoms. The summed E-state index contributed by atoms with van der Waals surface area (Å²) in [5.41, 5.74) is 7.68. The van der Waals surface area contributed by atoms with Gasteiger partial charge in [0.05, 0.1) is 0 Å². The van der Waals surface area contributed by atoms with E-state index in [0.717, 1.165) is 30.6 Å². The SMILES string of the molecule is CC(C)CCN(c1cc(F)cc(CCN)c1)C1CCCC1. The molecule has 0 heterocycles. The number of rotatable bonds is 7. The third-order valence-electron chi connectivity index (χ3n) is 4.42. The summed E-state index contributed by atoms with van der Waals surface area (Å²) in [5, 5.41) is 0. The highest BCUT2D eigenvalue weighted by Gasteiger charge is 2.23. The van der Waals surface area contributed by atoms with E-state index in [9.17, 15) is 4.39 Å². The van der Waals surface area contributed by atoms with E-state index in [1.165, 1.54) is 25.7 Å². The molecule has 2 nitrogen and oxygen atoms in total. The zero-order chi connectivity index (χ0) is 15.2. The van der Waals surface area contributed by atoms with Crippen molar-refractivity contribution in [1.82, 2.24) is 0 Å². The minimum absolute atomic E-state index is 0.136. The zero-order valence-corrected chi connectivity index (χ0v) is 13.4. The highest BCUT2D eigenvalue weighted by Crippen LogP contribution is 2.30. The summed E-state index contributed by atoms with van der Waals surface area (Å²) in [5.74, 6) is 0.537. The van der Waals surface area contributed by atoms with Gasteiger partial charge in [-0.05, 0) is 61.9 Å². The molecule has 1 saturated carbocycles. The molecule has 0 aliphatic heterocycles. The number of benzene rings is 1. The topological polar surface area (TPSA) is 29.3 Å². The van der Waals surface area contributed by atoms with E-state index < -0.39 is 0 Å². The molecule has 1 fully saturated rings. The van der Waals surface area contributed by atoms with Crippen molar-refractivity contribution in [3.05, 3.63) is 29.6 Å². The Morgan fingerprint density at radius 2 is 1.95 bits per heavy atom. The second-order valence-corrected chi connectivity index (χ2v) is 6.67. The Kier molecular flexibility index (Phi) is 6.04. The van der Waals surface area contributed by atoms with Crippen molar-refractivity contribution < 1.29 is 4.39 Å². The molecule has 0 unspecified atom stereocenters. The summed E-state index contributed by atoms with van der Waals surface area (Å²) in [6.07, 6.45) is 6.97. The third kappa shape index (κ3) is 4.70. The minimum atomic E-state index is -0.136. The van der Waals surface area contributed by atoms with Gasteiger partial charge in [-0.25, -0.2) is 4.39 Å². The highest BCUT2D eigenvalue weighted by atomic mass is 19.1. The fourth-order valence-corrected chi connectivity index (χ4v) is 3.25. The van der Waals surface area contributed by atoms with Gasteiger partial charge < -0.3 is 10.6 Å². The largest absolute Gasteiger partial charge is 0.368 e. The smallest absolute Gasteiger partial charge is 0.125 e. The van der Waals surface area contributed by atoms with Crippen LogP contribution in [0, 0.1) is 11.7 Å². The Hall–Kier alpha value is -1.09. The van der Waals surface area contributed by atoms with E-state index in [0.29, 0.717) is 18.5 Å². The van der Waals surface area contributed by atoms with Gasteiger partial charge in [-0.2, -0.15) is 0 Å². The van der Waals surface area contributed by atoms with Crippen LogP contribution >= 0.6 is 0 Å². The Balaban J connectivity index is 2.21. The van der Waals surface area contributed by atoms with Crippen LogP contribution in [0.1, 0.15) is 51.5 Å². The fourth-order valence-electron chi connectivity index (χ4n) is 3.25. The van der Waals surface area contributed by atoms with Crippen molar-refractivity contribution in [2.24, 2.45) is 11.7 Å². The van der Waals surface area contributed by atoms with Crippen molar-refractivity contribution in [1.29, 1.82) is 0 Å². The van der Waals surface area contributed by atoms with Crippen molar-refractivity contribution in [2.45, 2.75) is 58.4 Å². The average Bonchev–Trinajstić information content (AvgIpc) is 2.92. The van der Waals surface area contributed by atoms with Crippen LogP contribution < -0.4 is 10.6 Å². The van der Waals surface area contributed by atoms with E-state index in [-0.39, 0.29) is 5.82 Å². The number of anilines is 1. The molecule has 0 radical (unpaired) electrons. The van der Waals surface area contributed by atoms with Gasteiger partial charge in [0, 0.05) is 18.3 Å². The number of hydrogen-bond donors (Lipinski definition) is 1. The lowest BCUT2D eigenvalue weighted by molar-refractivity contribution is 0.526. The van der Waals surface area contributed by atoms with E-state index in [1.807, 2.05) is 0 Å². The van der Waals surface area contributed by atoms with Crippen LogP contribution in [0.2, 0.25) is 0 Å². The van der Waals surface area contributed by atoms with Gasteiger partial charge in [0.15, 0.2) is 0 Å². The normalized spacial score (nSPS) is 15.9. The van der Waals surface area contributed by atoms with Gasteiger partial charge in [0.1, 0.15) is 5.82 Å². The highest BCUT2D eigenvalue weighted by molar-refractivity contribution is 5.50. The van der Waals surface area contributed by atoms with E-state index in [4.69, 9.17) is 5.73 Å². The third-order valence-corrected chi connectivity index (χ3v) is 4.42. The van der Waals surface area contributed by atoms with Crippen molar-refractivity contribution in [3.63, 3.8) is 0 Å². The number of hydrogen-bond acceptors (Lipinski definition) is 2. The van der Waals surface area contributed by atoms with Crippen LogP contribution in [-0.2, 0) is 6.42 Å². The van der Waals surface area contributed by atoms with Crippen molar-refractivity contribution >= 4 is 5.69 Å². The Morgan fingerprint density at radius 1 is 1.24 bits per heavy atom. The van der Waals surface area contributed by atoms with Gasteiger partial charge in [0.25, 0.3) is 0 Å². The Bertz CT molecular complexity index is 439. The van der Waals surface area contributed by atoms with Gasteiger partial charge >= 0.3 is 0 Å². The fraction of sp³-hybridized carbons (Fsp3) is 0.667. The lowest BCUT2D eigenvalue weighted by atomic mass is 10.1. The lowest BCUT2D eigenvalue weighted by Gasteiger charge is -2.32. The molecule has 3 heteroatoms. The Labute approximate surface area is 128 Å². The molecule has 2 rings (SSSR count). The summed E-state index contributed by atoms with van der Waals surface area (Å²) >= 11 is 0. The molecule has 2 N–H and O–H groups in total. The predicted octanol–water partition coefficient (Wildman–Crippen LogP) is 4.12. The molecule has 1 aliphatic rings. The van der Waals surface area contributed by atoms with Crippen molar-refractivity contribution in [3.8, 4) is 0 Å². The second kappa shape index (κ2) is 7.79. The van der Waals surface area contributed by atoms with E-state index >= 15 is 0 Å². The monoisotopic (exact) mass is 292 g/mol. The van der Waals surface area contributed by atoms with Crippen LogP contribution in [0.4, 0.5) is 10.1 Å². The molecule has 0 aromatic heterocycles. The second-order valence-electron chi connectivity index (χ2n) is 6.67. The molecule has 1 aromatic carbocycles. The molecule has 0 amide bonds. The number of halogens is 1. The minimum Gasteiger partial charge on any atom is -0.368 e. The number of nitrogens with two attached hydrogens (primary N) is 1. The zero-order valence-electron chi connectivity index (χ0n) is 13.4. The van der Waals surface area contributed by atoms with E-state index in [1.54, 1.807) is 12.1 Å². The molecular formula is C18H29FN2. The summed E-state index contributed by atoms with van der Waals surface area (Å²) < 4.78 is 13.9. The Morgan fingerprint density at radius 3 is 2.57 bits per heavy atom. The van der Waals surface area contributed by atoms with Crippen LogP contribution in [0.25, 0.3) is 0 Å². The summed E-state index contributed by atoms with van der Waals surface area (Å²) in [7, 11) is 0. The van der Waals surface area contributed by atoms with Gasteiger partial charge in [-0.3, -0.25) is 0 Å².